The fraction of sp³-hybridized carbons (Fsp3) is 0.0976. The van der Waals surface area contributed by atoms with Crippen LogP contribution in [-0.4, -0.2) is 23.1 Å². The van der Waals surface area contributed by atoms with E-state index in [1.165, 1.54) is 39.9 Å². The van der Waals surface area contributed by atoms with Gasteiger partial charge in [-0.25, -0.2) is 0 Å². The zero-order chi connectivity index (χ0) is 31.5. The summed E-state index contributed by atoms with van der Waals surface area (Å²) in [5, 5.41) is 18.5. The number of hydrogen-bond donors (Lipinski definition) is 0. The van der Waals surface area contributed by atoms with Crippen LogP contribution >= 0.6 is 0 Å². The Morgan fingerprint density at radius 2 is 1.15 bits per heavy atom. The van der Waals surface area contributed by atoms with Gasteiger partial charge in [0.25, 0.3) is 0 Å². The van der Waals surface area contributed by atoms with Gasteiger partial charge in [-0.2, -0.15) is 0 Å². The van der Waals surface area contributed by atoms with Gasteiger partial charge in [-0.15, -0.1) is 11.4 Å². The quantitative estimate of drug-likeness (QED) is 0.181. The normalized spacial score (nSPS) is 13.5. The van der Waals surface area contributed by atoms with Crippen molar-refractivity contribution in [1.82, 2.24) is 20.2 Å². The molecule has 1 aliphatic carbocycles. The molecule has 7 aromatic rings. The third kappa shape index (κ3) is 5.76. The van der Waals surface area contributed by atoms with Crippen LogP contribution in [0.3, 0.4) is 0 Å². The summed E-state index contributed by atoms with van der Waals surface area (Å²) >= 11 is 0. The molecule has 0 radical (unpaired) electrons. The molecule has 48 heavy (non-hydrogen) atoms. The van der Waals surface area contributed by atoms with Crippen molar-refractivity contribution in [1.29, 1.82) is 0 Å². The molecule has 0 bridgehead atoms. The SMILES string of the molecule is [Pt+2].c1ccc([N-]c2ccccc2)cc1.c1ccc([Si]2(c3cccc(-c4[n-]nc5c4CCCC5)n3)c3ccccc3-c3ccccc32)nc1. The van der Waals surface area contributed by atoms with Gasteiger partial charge in [0.1, 0.15) is 0 Å². The number of aryl methyl sites for hydroxylation is 1. The molecule has 0 saturated heterocycles. The van der Waals surface area contributed by atoms with E-state index in [0.29, 0.717) is 0 Å². The van der Waals surface area contributed by atoms with E-state index in [0.717, 1.165) is 51.9 Å². The molecule has 4 aromatic carbocycles. The molecule has 4 heterocycles. The van der Waals surface area contributed by atoms with E-state index in [1.807, 2.05) is 72.9 Å². The predicted octanol–water partition coefficient (Wildman–Crippen LogP) is 6.75. The number of fused-ring (bicyclic) bond motifs is 4. The van der Waals surface area contributed by atoms with Gasteiger partial charge in [-0.05, 0) is 77.0 Å². The molecule has 0 fully saturated rings. The van der Waals surface area contributed by atoms with Crippen molar-refractivity contribution < 1.29 is 21.1 Å². The van der Waals surface area contributed by atoms with E-state index in [2.05, 4.69) is 94.4 Å². The van der Waals surface area contributed by atoms with Crippen LogP contribution in [0.5, 0.6) is 0 Å². The third-order valence-electron chi connectivity index (χ3n) is 9.14. The van der Waals surface area contributed by atoms with Gasteiger partial charge in [0.05, 0.1) is 0 Å². The van der Waals surface area contributed by atoms with Crippen molar-refractivity contribution in [2.75, 3.05) is 0 Å². The Morgan fingerprint density at radius 1 is 0.562 bits per heavy atom. The largest absolute Gasteiger partial charge is 2.00 e. The zero-order valence-electron chi connectivity index (χ0n) is 26.3. The maximum absolute atomic E-state index is 5.37. The summed E-state index contributed by atoms with van der Waals surface area (Å²) in [5.74, 6) is 0. The van der Waals surface area contributed by atoms with E-state index in [4.69, 9.17) is 9.97 Å². The first-order chi connectivity index (χ1) is 23.3. The molecule has 0 amide bonds. The van der Waals surface area contributed by atoms with Gasteiger partial charge >= 0.3 is 21.1 Å². The second kappa shape index (κ2) is 14.1. The molecular formula is C41H33N5PtSi. The molecule has 7 heteroatoms. The molecule has 5 nitrogen and oxygen atoms in total. The van der Waals surface area contributed by atoms with Crippen molar-refractivity contribution in [3.63, 3.8) is 0 Å². The van der Waals surface area contributed by atoms with Crippen molar-refractivity contribution in [2.24, 2.45) is 0 Å². The van der Waals surface area contributed by atoms with Crippen LogP contribution in [0.4, 0.5) is 11.4 Å². The molecular weight excluding hydrogens is 786 g/mol. The fourth-order valence-corrected chi connectivity index (χ4v) is 11.9. The molecule has 9 rings (SSSR count). The Hall–Kier alpha value is -4.90. The number of para-hydroxylation sites is 2. The smallest absolute Gasteiger partial charge is 0.658 e. The first kappa shape index (κ1) is 31.7. The second-order valence-electron chi connectivity index (χ2n) is 11.9. The van der Waals surface area contributed by atoms with Gasteiger partial charge in [0.2, 0.25) is 8.07 Å². The van der Waals surface area contributed by atoms with Gasteiger partial charge in [-0.3, -0.25) is 9.97 Å². The molecule has 0 N–H and O–H groups in total. The molecule has 2 aliphatic rings. The molecule has 3 aromatic heterocycles. The third-order valence-corrected chi connectivity index (χ3v) is 13.7. The number of pyridine rings is 2. The second-order valence-corrected chi connectivity index (χ2v) is 15.5. The van der Waals surface area contributed by atoms with E-state index in [1.54, 1.807) is 0 Å². The minimum atomic E-state index is -2.68. The zero-order valence-corrected chi connectivity index (χ0v) is 29.6. The summed E-state index contributed by atoms with van der Waals surface area (Å²) in [6.45, 7) is 0. The van der Waals surface area contributed by atoms with Gasteiger partial charge in [0.15, 0.2) is 0 Å². The monoisotopic (exact) mass is 818 g/mol. The van der Waals surface area contributed by atoms with E-state index in [9.17, 15) is 0 Å². The number of rotatable bonds is 5. The topological polar surface area (TPSA) is 66.9 Å². The first-order valence-electron chi connectivity index (χ1n) is 16.2. The van der Waals surface area contributed by atoms with Crippen LogP contribution in [0.15, 0.2) is 152 Å². The van der Waals surface area contributed by atoms with Crippen LogP contribution in [-0.2, 0) is 33.9 Å². The maximum Gasteiger partial charge on any atom is 2.00 e. The van der Waals surface area contributed by atoms with Crippen molar-refractivity contribution in [3.05, 3.63) is 168 Å². The summed E-state index contributed by atoms with van der Waals surface area (Å²) in [6, 6.07) is 50.2. The van der Waals surface area contributed by atoms with Gasteiger partial charge in [0, 0.05) is 28.2 Å². The van der Waals surface area contributed by atoms with Gasteiger partial charge in [-0.1, -0.05) is 127 Å². The van der Waals surface area contributed by atoms with Crippen molar-refractivity contribution in [3.8, 4) is 22.5 Å². The van der Waals surface area contributed by atoms with Crippen LogP contribution in [0.2, 0.25) is 0 Å². The summed E-state index contributed by atoms with van der Waals surface area (Å²) < 4.78 is 0. The van der Waals surface area contributed by atoms with E-state index >= 15 is 0 Å². The Morgan fingerprint density at radius 3 is 1.79 bits per heavy atom. The summed E-state index contributed by atoms with van der Waals surface area (Å²) in [6.07, 6.45) is 6.37. The van der Waals surface area contributed by atoms with Crippen molar-refractivity contribution in [2.45, 2.75) is 25.7 Å². The minimum absolute atomic E-state index is 0. The molecule has 0 atom stereocenters. The average Bonchev–Trinajstić information content (AvgIpc) is 3.71. The number of nitrogens with zero attached hydrogens (tertiary/aromatic N) is 5. The summed E-state index contributed by atoms with van der Waals surface area (Å²) in [7, 11) is -2.68. The Balaban J connectivity index is 0.000000220. The van der Waals surface area contributed by atoms with Crippen LogP contribution in [0.1, 0.15) is 24.1 Å². The first-order valence-corrected chi connectivity index (χ1v) is 18.2. The Kier molecular flexibility index (Phi) is 9.28. The molecule has 236 valence electrons. The van der Waals surface area contributed by atoms with E-state index < -0.39 is 8.07 Å². The standard InChI is InChI=1S/C29H23N4Si.C12H10N.Pt/c1-4-13-23-22(12-1)29(33-32-23)24-14-9-18-28(31-24)34(27-17-7-8-19-30-27)25-15-5-2-10-20(25)21-11-3-6-16-26(21)34;1-3-7-11(8-4-1)13-12-9-5-2-6-10-12;/h2-3,5-11,14-19H,1,4,12-13H2;1-10H;/q2*-1;+2. The average molecular weight is 819 g/mol. The summed E-state index contributed by atoms with van der Waals surface area (Å²) in [5.41, 5.74) is 8.92. The minimum Gasteiger partial charge on any atom is -0.658 e. The van der Waals surface area contributed by atoms with Crippen molar-refractivity contribution >= 4 is 40.5 Å². The van der Waals surface area contributed by atoms with Crippen LogP contribution in [0, 0.1) is 0 Å². The maximum atomic E-state index is 5.37. The van der Waals surface area contributed by atoms with Crippen LogP contribution in [0.25, 0.3) is 27.8 Å². The number of hydrogen-bond acceptors (Lipinski definition) is 3. The fourth-order valence-electron chi connectivity index (χ4n) is 7.06. The van der Waals surface area contributed by atoms with Crippen LogP contribution < -0.4 is 26.1 Å². The number of aromatic nitrogens is 4. The molecule has 0 unspecified atom stereocenters. The molecule has 1 aliphatic heterocycles. The van der Waals surface area contributed by atoms with E-state index in [-0.39, 0.29) is 21.1 Å². The molecule has 0 saturated carbocycles. The predicted molar refractivity (Wildman–Crippen MR) is 193 cm³/mol. The summed E-state index contributed by atoms with van der Waals surface area (Å²) in [4.78, 5) is 10.3. The molecule has 0 spiro atoms. The van der Waals surface area contributed by atoms with Gasteiger partial charge < -0.3 is 15.5 Å². The number of benzene rings is 4. The Labute approximate surface area is 296 Å². The Bertz CT molecular complexity index is 2050.